The Bertz CT molecular complexity index is 372. The summed E-state index contributed by atoms with van der Waals surface area (Å²) in [6.45, 7) is 5.99. The van der Waals surface area contributed by atoms with Gasteiger partial charge in [-0.2, -0.15) is 5.10 Å². The molecule has 0 fully saturated rings. The summed E-state index contributed by atoms with van der Waals surface area (Å²) in [6.07, 6.45) is 3.24. The summed E-state index contributed by atoms with van der Waals surface area (Å²) in [7, 11) is 0. The summed E-state index contributed by atoms with van der Waals surface area (Å²) >= 11 is 1.52. The molecule has 0 aliphatic rings. The number of carbonyl (C=O) groups excluding carboxylic acids is 1. The van der Waals surface area contributed by atoms with Crippen LogP contribution in [-0.2, 0) is 0 Å². The maximum atomic E-state index is 10.4. The van der Waals surface area contributed by atoms with Gasteiger partial charge in [0.1, 0.15) is 0 Å². The van der Waals surface area contributed by atoms with Gasteiger partial charge in [-0.3, -0.25) is 0 Å². The van der Waals surface area contributed by atoms with E-state index in [0.717, 1.165) is 23.1 Å². The predicted octanol–water partition coefficient (Wildman–Crippen LogP) is 0.992. The summed E-state index contributed by atoms with van der Waals surface area (Å²) in [5.74, 6) is 0. The lowest BCUT2D eigenvalue weighted by Gasteiger charge is -2.16. The van der Waals surface area contributed by atoms with E-state index in [0.29, 0.717) is 0 Å². The first-order valence-corrected chi connectivity index (χ1v) is 5.78. The number of hydrogen-bond donors (Lipinski definition) is 2. The smallest absolute Gasteiger partial charge is 0.332 e. The minimum Gasteiger partial charge on any atom is -0.350 e. The normalized spacial score (nSPS) is 10.6. The van der Waals surface area contributed by atoms with Crippen LogP contribution in [0.2, 0.25) is 0 Å². The molecule has 0 atom stereocenters. The molecule has 16 heavy (non-hydrogen) atoms. The van der Waals surface area contributed by atoms with Crippen molar-refractivity contribution in [3.8, 4) is 0 Å². The number of thiazole rings is 1. The number of hydrogen-bond acceptors (Lipinski definition) is 5. The summed E-state index contributed by atoms with van der Waals surface area (Å²) in [5, 5.41) is 4.62. The number of urea groups is 1. The van der Waals surface area contributed by atoms with E-state index < -0.39 is 6.03 Å². The van der Waals surface area contributed by atoms with Crippen LogP contribution in [0.5, 0.6) is 0 Å². The van der Waals surface area contributed by atoms with Gasteiger partial charge in [-0.05, 0) is 13.8 Å². The molecule has 0 bridgehead atoms. The number of nitrogens with zero attached hydrogens (tertiary/aromatic N) is 3. The van der Waals surface area contributed by atoms with Crippen molar-refractivity contribution < 1.29 is 4.79 Å². The van der Waals surface area contributed by atoms with E-state index >= 15 is 0 Å². The topological polar surface area (TPSA) is 83.6 Å². The third-order valence-corrected chi connectivity index (χ3v) is 2.90. The molecule has 3 N–H and O–H groups in total. The molecule has 1 rings (SSSR count). The minimum atomic E-state index is -0.676. The molecule has 0 aromatic carbocycles. The van der Waals surface area contributed by atoms with Gasteiger partial charge in [0, 0.05) is 19.3 Å². The van der Waals surface area contributed by atoms with E-state index in [1.54, 1.807) is 6.20 Å². The highest BCUT2D eigenvalue weighted by atomic mass is 32.1. The fraction of sp³-hybridized carbons (Fsp3) is 0.444. The van der Waals surface area contributed by atoms with Gasteiger partial charge in [-0.1, -0.05) is 11.3 Å². The second-order valence-corrected chi connectivity index (χ2v) is 3.99. The molecule has 6 nitrogen and oxygen atoms in total. The molecule has 0 unspecified atom stereocenters. The number of anilines is 1. The zero-order valence-corrected chi connectivity index (χ0v) is 10.1. The van der Waals surface area contributed by atoms with E-state index in [1.165, 1.54) is 17.6 Å². The van der Waals surface area contributed by atoms with Crippen LogP contribution in [0, 0.1) is 0 Å². The van der Waals surface area contributed by atoms with E-state index in [1.807, 2.05) is 0 Å². The predicted molar refractivity (Wildman–Crippen MR) is 66.0 cm³/mol. The molecule has 0 spiro atoms. The van der Waals surface area contributed by atoms with Gasteiger partial charge in [0.25, 0.3) is 0 Å². The Morgan fingerprint density at radius 1 is 1.69 bits per heavy atom. The van der Waals surface area contributed by atoms with Crippen LogP contribution < -0.4 is 16.1 Å². The molecule has 0 aliphatic carbocycles. The first-order valence-electron chi connectivity index (χ1n) is 4.96. The van der Waals surface area contributed by atoms with Crippen LogP contribution in [-0.4, -0.2) is 30.3 Å². The second-order valence-electron chi connectivity index (χ2n) is 2.95. The molecule has 2 amide bonds. The van der Waals surface area contributed by atoms with Gasteiger partial charge in [0.2, 0.25) is 0 Å². The number of hydrazone groups is 1. The fourth-order valence-electron chi connectivity index (χ4n) is 1.14. The Labute approximate surface area is 98.2 Å². The second kappa shape index (κ2) is 6.06. The number of aromatic nitrogens is 1. The van der Waals surface area contributed by atoms with Gasteiger partial charge in [-0.25, -0.2) is 15.2 Å². The molecule has 0 radical (unpaired) electrons. The van der Waals surface area contributed by atoms with E-state index in [9.17, 15) is 4.79 Å². The monoisotopic (exact) mass is 241 g/mol. The van der Waals surface area contributed by atoms with Crippen LogP contribution in [0.4, 0.5) is 9.93 Å². The Kier molecular flexibility index (Phi) is 4.71. The van der Waals surface area contributed by atoms with Crippen LogP contribution in [0.3, 0.4) is 0 Å². The summed E-state index contributed by atoms with van der Waals surface area (Å²) in [5.41, 5.74) is 7.00. The zero-order chi connectivity index (χ0) is 12.0. The minimum absolute atomic E-state index is 0.676. The van der Waals surface area contributed by atoms with Crippen molar-refractivity contribution in [2.75, 3.05) is 18.0 Å². The van der Waals surface area contributed by atoms with Crippen molar-refractivity contribution in [3.63, 3.8) is 0 Å². The number of nitrogens with two attached hydrogens (primary N) is 1. The van der Waals surface area contributed by atoms with Gasteiger partial charge in [0.15, 0.2) is 5.13 Å². The Morgan fingerprint density at radius 2 is 2.38 bits per heavy atom. The van der Waals surface area contributed by atoms with Crippen molar-refractivity contribution in [3.05, 3.63) is 11.1 Å². The number of rotatable bonds is 5. The molecule has 0 saturated carbocycles. The lowest BCUT2D eigenvalue weighted by molar-refractivity contribution is 0.249. The quantitative estimate of drug-likeness (QED) is 0.595. The van der Waals surface area contributed by atoms with Crippen molar-refractivity contribution in [2.24, 2.45) is 10.8 Å². The molecule has 7 heteroatoms. The maximum absolute atomic E-state index is 10.4. The van der Waals surface area contributed by atoms with Gasteiger partial charge >= 0.3 is 6.03 Å². The maximum Gasteiger partial charge on any atom is 0.332 e. The van der Waals surface area contributed by atoms with Crippen molar-refractivity contribution in [1.82, 2.24) is 10.4 Å². The highest BCUT2D eigenvalue weighted by Gasteiger charge is 2.06. The lowest BCUT2D eigenvalue weighted by Crippen LogP contribution is -2.24. The first-order chi connectivity index (χ1) is 7.67. The summed E-state index contributed by atoms with van der Waals surface area (Å²) in [6, 6.07) is -0.676. The first kappa shape index (κ1) is 12.4. The number of nitrogens with one attached hydrogen (secondary N) is 1. The molecule has 0 saturated heterocycles. The highest BCUT2D eigenvalue weighted by molar-refractivity contribution is 7.17. The van der Waals surface area contributed by atoms with Crippen LogP contribution in [0.25, 0.3) is 0 Å². The van der Waals surface area contributed by atoms with Crippen molar-refractivity contribution >= 4 is 28.7 Å². The van der Waals surface area contributed by atoms with Crippen molar-refractivity contribution in [2.45, 2.75) is 13.8 Å². The Balaban J connectivity index is 2.64. The Morgan fingerprint density at radius 3 is 2.94 bits per heavy atom. The van der Waals surface area contributed by atoms with Gasteiger partial charge in [-0.15, -0.1) is 0 Å². The molecule has 1 aromatic rings. The number of amides is 2. The molecule has 1 aromatic heterocycles. The third-order valence-electron chi connectivity index (χ3n) is 1.91. The summed E-state index contributed by atoms with van der Waals surface area (Å²) < 4.78 is 0. The molecular formula is C9H15N5OS. The van der Waals surface area contributed by atoms with E-state index in [2.05, 4.69) is 34.3 Å². The molecule has 1 heterocycles. The fourth-order valence-corrected chi connectivity index (χ4v) is 2.05. The molecular weight excluding hydrogens is 226 g/mol. The number of carbonyl (C=O) groups is 1. The lowest BCUT2D eigenvalue weighted by atomic mass is 10.6. The standard InChI is InChI=1S/C9H15N5OS/c1-3-14(4-2)9-11-5-7(16-9)6-12-13-8(10)15/h5-6H,3-4H2,1-2H3,(H3,10,13,15). The van der Waals surface area contributed by atoms with Crippen LogP contribution in [0.15, 0.2) is 11.3 Å². The highest BCUT2D eigenvalue weighted by Crippen LogP contribution is 2.20. The van der Waals surface area contributed by atoms with Crippen LogP contribution in [0.1, 0.15) is 18.7 Å². The average molecular weight is 241 g/mol. The SMILES string of the molecule is CCN(CC)c1ncc(C=NNC(N)=O)s1. The largest absolute Gasteiger partial charge is 0.350 e. The van der Waals surface area contributed by atoms with Gasteiger partial charge in [0.05, 0.1) is 11.1 Å². The van der Waals surface area contributed by atoms with E-state index in [4.69, 9.17) is 5.73 Å². The summed E-state index contributed by atoms with van der Waals surface area (Å²) in [4.78, 5) is 17.7. The zero-order valence-electron chi connectivity index (χ0n) is 9.30. The van der Waals surface area contributed by atoms with E-state index in [-0.39, 0.29) is 0 Å². The molecule has 88 valence electrons. The molecule has 0 aliphatic heterocycles. The van der Waals surface area contributed by atoms with Crippen molar-refractivity contribution in [1.29, 1.82) is 0 Å². The van der Waals surface area contributed by atoms with Crippen LogP contribution >= 0.6 is 11.3 Å². The average Bonchev–Trinajstić information content (AvgIpc) is 2.68. The third kappa shape index (κ3) is 3.50. The Hall–Kier alpha value is -1.63. The van der Waals surface area contributed by atoms with Gasteiger partial charge < -0.3 is 10.6 Å². The number of primary amides is 1.